The van der Waals surface area contributed by atoms with E-state index in [0.717, 1.165) is 10.0 Å². The van der Waals surface area contributed by atoms with Gasteiger partial charge in [0.25, 0.3) is 0 Å². The van der Waals surface area contributed by atoms with Crippen molar-refractivity contribution in [2.24, 2.45) is 0 Å². The average Bonchev–Trinajstić information content (AvgIpc) is 2.74. The monoisotopic (exact) mass is 311 g/mol. The van der Waals surface area contributed by atoms with Gasteiger partial charge in [-0.15, -0.1) is 11.3 Å². The predicted molar refractivity (Wildman–Crippen MR) is 72.0 cm³/mol. The highest BCUT2D eigenvalue weighted by atomic mass is 79.9. The molecule has 0 aliphatic heterocycles. The number of nitrogens with two attached hydrogens (primary N) is 1. The maximum absolute atomic E-state index is 11.7. The maximum atomic E-state index is 11.7. The van der Waals surface area contributed by atoms with Gasteiger partial charge in [-0.3, -0.25) is 0 Å². The predicted octanol–water partition coefficient (Wildman–Crippen LogP) is 3.45. The highest BCUT2D eigenvalue weighted by Gasteiger charge is 2.13. The van der Waals surface area contributed by atoms with Crippen LogP contribution in [0.4, 0.5) is 5.69 Å². The third-order valence-electron chi connectivity index (χ3n) is 2.20. The van der Waals surface area contributed by atoms with Crippen LogP contribution in [0.15, 0.2) is 40.2 Å². The summed E-state index contributed by atoms with van der Waals surface area (Å²) in [5.41, 5.74) is 7.03. The van der Waals surface area contributed by atoms with E-state index in [1.165, 1.54) is 11.3 Å². The van der Waals surface area contributed by atoms with Gasteiger partial charge in [0, 0.05) is 10.0 Å². The van der Waals surface area contributed by atoms with Crippen LogP contribution in [-0.2, 0) is 11.3 Å². The normalized spacial score (nSPS) is 10.2. The molecule has 88 valence electrons. The zero-order chi connectivity index (χ0) is 12.3. The molecule has 0 saturated heterocycles. The molecule has 2 rings (SSSR count). The molecular weight excluding hydrogens is 302 g/mol. The number of hydrogen-bond acceptors (Lipinski definition) is 4. The molecular formula is C12H10BrNO2S. The number of carbonyl (C=O) groups excluding carboxylic acids is 1. The fraction of sp³-hybridized carbons (Fsp3) is 0.0833. The molecule has 0 atom stereocenters. The van der Waals surface area contributed by atoms with E-state index in [1.54, 1.807) is 11.4 Å². The first-order valence-corrected chi connectivity index (χ1v) is 6.59. The molecule has 0 bridgehead atoms. The second kappa shape index (κ2) is 5.33. The van der Waals surface area contributed by atoms with Gasteiger partial charge in [-0.1, -0.05) is 34.1 Å². The van der Waals surface area contributed by atoms with E-state index >= 15 is 0 Å². The van der Waals surface area contributed by atoms with Crippen molar-refractivity contribution >= 4 is 38.9 Å². The molecule has 1 aromatic carbocycles. The number of halogens is 1. The molecule has 0 radical (unpaired) electrons. The van der Waals surface area contributed by atoms with Crippen molar-refractivity contribution in [2.45, 2.75) is 6.61 Å². The molecule has 0 spiro atoms. The minimum absolute atomic E-state index is 0.234. The summed E-state index contributed by atoms with van der Waals surface area (Å²) >= 11 is 4.68. The van der Waals surface area contributed by atoms with Gasteiger partial charge in [0.15, 0.2) is 0 Å². The Kier molecular flexibility index (Phi) is 3.81. The van der Waals surface area contributed by atoms with Crippen LogP contribution in [0.3, 0.4) is 0 Å². The molecule has 5 heteroatoms. The number of ether oxygens (including phenoxy) is 1. The van der Waals surface area contributed by atoms with Gasteiger partial charge in [0.05, 0.1) is 5.69 Å². The Morgan fingerprint density at radius 1 is 1.35 bits per heavy atom. The number of esters is 1. The number of thiophene rings is 1. The van der Waals surface area contributed by atoms with Crippen LogP contribution in [-0.4, -0.2) is 5.97 Å². The van der Waals surface area contributed by atoms with Crippen LogP contribution in [0.5, 0.6) is 0 Å². The van der Waals surface area contributed by atoms with E-state index in [0.29, 0.717) is 10.6 Å². The molecule has 0 saturated carbocycles. The lowest BCUT2D eigenvalue weighted by atomic mass is 10.2. The van der Waals surface area contributed by atoms with E-state index in [-0.39, 0.29) is 12.6 Å². The summed E-state index contributed by atoms with van der Waals surface area (Å²) in [5.74, 6) is -0.381. The van der Waals surface area contributed by atoms with E-state index in [2.05, 4.69) is 15.9 Å². The van der Waals surface area contributed by atoms with Crippen molar-refractivity contribution in [1.29, 1.82) is 0 Å². The van der Waals surface area contributed by atoms with Gasteiger partial charge in [-0.2, -0.15) is 0 Å². The van der Waals surface area contributed by atoms with Crippen LogP contribution >= 0.6 is 27.3 Å². The van der Waals surface area contributed by atoms with Gasteiger partial charge in [0.2, 0.25) is 0 Å². The lowest BCUT2D eigenvalue weighted by Crippen LogP contribution is -2.05. The topological polar surface area (TPSA) is 52.3 Å². The first-order chi connectivity index (χ1) is 8.18. The smallest absolute Gasteiger partial charge is 0.350 e. The van der Waals surface area contributed by atoms with Crippen LogP contribution < -0.4 is 5.73 Å². The highest BCUT2D eigenvalue weighted by molar-refractivity contribution is 9.10. The van der Waals surface area contributed by atoms with Crippen LogP contribution in [0, 0.1) is 0 Å². The molecule has 0 fully saturated rings. The Balaban J connectivity index is 2.02. The molecule has 3 nitrogen and oxygen atoms in total. The first-order valence-electron chi connectivity index (χ1n) is 4.92. The number of anilines is 1. The molecule has 0 amide bonds. The SMILES string of the molecule is Nc1ccsc1C(=O)OCc1ccccc1Br. The summed E-state index contributed by atoms with van der Waals surface area (Å²) in [4.78, 5) is 12.2. The molecule has 17 heavy (non-hydrogen) atoms. The molecule has 1 aromatic heterocycles. The number of benzene rings is 1. The van der Waals surface area contributed by atoms with E-state index in [9.17, 15) is 4.79 Å². The summed E-state index contributed by atoms with van der Waals surface area (Å²) in [6, 6.07) is 9.30. The lowest BCUT2D eigenvalue weighted by molar-refractivity contribution is 0.0479. The van der Waals surface area contributed by atoms with Crippen molar-refractivity contribution in [1.82, 2.24) is 0 Å². The molecule has 0 aliphatic rings. The molecule has 0 aliphatic carbocycles. The largest absolute Gasteiger partial charge is 0.457 e. The fourth-order valence-corrected chi connectivity index (χ4v) is 2.42. The van der Waals surface area contributed by atoms with Crippen LogP contribution in [0.25, 0.3) is 0 Å². The lowest BCUT2D eigenvalue weighted by Gasteiger charge is -2.05. The summed E-state index contributed by atoms with van der Waals surface area (Å²) in [6.45, 7) is 0.234. The van der Waals surface area contributed by atoms with Crippen molar-refractivity contribution in [3.63, 3.8) is 0 Å². The number of hydrogen-bond donors (Lipinski definition) is 1. The second-order valence-corrected chi connectivity index (χ2v) is 5.14. The zero-order valence-corrected chi connectivity index (χ0v) is 11.3. The fourth-order valence-electron chi connectivity index (χ4n) is 1.31. The summed E-state index contributed by atoms with van der Waals surface area (Å²) in [5, 5.41) is 1.77. The Hall–Kier alpha value is -1.33. The van der Waals surface area contributed by atoms with Gasteiger partial charge >= 0.3 is 5.97 Å². The quantitative estimate of drug-likeness (QED) is 0.883. The van der Waals surface area contributed by atoms with Crippen molar-refractivity contribution in [3.8, 4) is 0 Å². The molecule has 2 N–H and O–H groups in total. The number of carbonyl (C=O) groups is 1. The molecule has 2 aromatic rings. The highest BCUT2D eigenvalue weighted by Crippen LogP contribution is 2.21. The van der Waals surface area contributed by atoms with Crippen molar-refractivity contribution in [2.75, 3.05) is 5.73 Å². The van der Waals surface area contributed by atoms with Gasteiger partial charge in [-0.25, -0.2) is 4.79 Å². The second-order valence-electron chi connectivity index (χ2n) is 3.37. The Morgan fingerprint density at radius 3 is 2.76 bits per heavy atom. The zero-order valence-electron chi connectivity index (χ0n) is 8.85. The van der Waals surface area contributed by atoms with Gasteiger partial charge < -0.3 is 10.5 Å². The third kappa shape index (κ3) is 2.87. The Morgan fingerprint density at radius 2 is 2.12 bits per heavy atom. The van der Waals surface area contributed by atoms with E-state index < -0.39 is 0 Å². The third-order valence-corrected chi connectivity index (χ3v) is 3.88. The van der Waals surface area contributed by atoms with Crippen LogP contribution in [0.2, 0.25) is 0 Å². The van der Waals surface area contributed by atoms with Crippen molar-refractivity contribution < 1.29 is 9.53 Å². The summed E-state index contributed by atoms with van der Waals surface area (Å²) in [7, 11) is 0. The Labute approximate surface area is 111 Å². The average molecular weight is 312 g/mol. The Bertz CT molecular complexity index is 539. The van der Waals surface area contributed by atoms with E-state index in [4.69, 9.17) is 10.5 Å². The number of rotatable bonds is 3. The van der Waals surface area contributed by atoms with Gasteiger partial charge in [-0.05, 0) is 17.5 Å². The molecule has 0 unspecified atom stereocenters. The van der Waals surface area contributed by atoms with Crippen molar-refractivity contribution in [3.05, 3.63) is 50.6 Å². The minimum Gasteiger partial charge on any atom is -0.457 e. The van der Waals surface area contributed by atoms with E-state index in [1.807, 2.05) is 24.3 Å². The minimum atomic E-state index is -0.381. The number of nitrogen functional groups attached to an aromatic ring is 1. The standard InChI is InChI=1S/C12H10BrNO2S/c13-9-4-2-1-3-8(9)7-16-12(15)11-10(14)5-6-17-11/h1-6H,7,14H2. The van der Waals surface area contributed by atoms with Crippen LogP contribution in [0.1, 0.15) is 15.2 Å². The molecule has 1 heterocycles. The summed E-state index contributed by atoms with van der Waals surface area (Å²) < 4.78 is 6.12. The first kappa shape index (κ1) is 12.1. The summed E-state index contributed by atoms with van der Waals surface area (Å²) in [6.07, 6.45) is 0. The maximum Gasteiger partial charge on any atom is 0.350 e. The van der Waals surface area contributed by atoms with Gasteiger partial charge in [0.1, 0.15) is 11.5 Å².